The van der Waals surface area contributed by atoms with E-state index in [1.807, 2.05) is 0 Å². The van der Waals surface area contributed by atoms with E-state index in [4.69, 9.17) is 20.4 Å². The molecule has 0 atom stereocenters. The maximum absolute atomic E-state index is 4.70. The second kappa shape index (κ2) is 40.4. The average molecular weight is 618 g/mol. The Morgan fingerprint density at radius 2 is 0.486 bits per heavy atom. The summed E-state index contributed by atoms with van der Waals surface area (Å²) in [5, 5.41) is 0. The monoisotopic (exact) mass is 616 g/mol. The van der Waals surface area contributed by atoms with Gasteiger partial charge in [-0.1, -0.05) is 119 Å². The van der Waals surface area contributed by atoms with Crippen LogP contribution in [0.4, 0.5) is 0 Å². The molecule has 0 radical (unpaired) electrons. The minimum absolute atomic E-state index is 0.405. The molecule has 0 aromatic rings. The summed E-state index contributed by atoms with van der Waals surface area (Å²) in [7, 11) is 10.2. The maximum atomic E-state index is 4.70. The summed E-state index contributed by atoms with van der Waals surface area (Å²) in [6.45, 7) is 13.9. The van der Waals surface area contributed by atoms with Crippen molar-refractivity contribution >= 4 is 36.2 Å². The summed E-state index contributed by atoms with van der Waals surface area (Å²) in [6.07, 6.45) is 35.4. The predicted molar refractivity (Wildman–Crippen MR) is 172 cm³/mol. The molecule has 0 aliphatic rings. The molecule has 35 heavy (non-hydrogen) atoms. The van der Waals surface area contributed by atoms with Gasteiger partial charge in [0, 0.05) is 0 Å². The number of rotatable bonds is 24. The third kappa shape index (κ3) is 40.6. The van der Waals surface area contributed by atoms with E-state index < -0.39 is 0 Å². The molecule has 0 bridgehead atoms. The van der Waals surface area contributed by atoms with Crippen LogP contribution in [0, 0.1) is 0 Å². The van der Waals surface area contributed by atoms with Gasteiger partial charge in [0.25, 0.3) is 0 Å². The Labute approximate surface area is 241 Å². The third-order valence-electron chi connectivity index (χ3n) is 6.47. The van der Waals surface area contributed by atoms with E-state index >= 15 is 0 Å². The Hall–Kier alpha value is 1.93. The van der Waals surface area contributed by atoms with Crippen LogP contribution in [-0.4, -0.2) is 37.0 Å². The van der Waals surface area contributed by atoms with Crippen LogP contribution in [0.15, 0.2) is 0 Å². The standard InChI is InChI=1S/2C15H33P.2ClH.Ni/c2*1-4-7-10-13-16(14-11-8-5-2)15-12-9-6-3;;;/h2*4-15H2,1-3H3;2*1H;/q;;;;+2/p-2. The van der Waals surface area contributed by atoms with Gasteiger partial charge in [-0.15, -0.1) is 15.8 Å². The first-order chi connectivity index (χ1) is 17.1. The van der Waals surface area contributed by atoms with Gasteiger partial charge in [0.15, 0.2) is 0 Å². The normalized spacial score (nSPS) is 10.9. The molecule has 0 saturated carbocycles. The van der Waals surface area contributed by atoms with E-state index in [1.54, 1.807) is 37.0 Å². The van der Waals surface area contributed by atoms with Gasteiger partial charge in [-0.25, -0.2) is 0 Å². The zero-order chi connectivity index (χ0) is 26.8. The Kier molecular flexibility index (Phi) is 47.8. The van der Waals surface area contributed by atoms with Crippen molar-refractivity contribution in [2.45, 2.75) is 157 Å². The van der Waals surface area contributed by atoms with Crippen molar-refractivity contribution < 1.29 is 12.7 Å². The van der Waals surface area contributed by atoms with E-state index in [1.165, 1.54) is 116 Å². The van der Waals surface area contributed by atoms with Crippen molar-refractivity contribution in [1.29, 1.82) is 0 Å². The van der Waals surface area contributed by atoms with Crippen LogP contribution in [-0.2, 0) is 12.7 Å². The molecule has 0 aliphatic carbocycles. The molecule has 0 amide bonds. The summed E-state index contributed by atoms with van der Waals surface area (Å²) in [5.74, 6) is 0. The molecule has 0 aliphatic heterocycles. The average Bonchev–Trinajstić information content (AvgIpc) is 2.85. The Morgan fingerprint density at radius 1 is 0.343 bits per heavy atom. The molecule has 0 aromatic carbocycles. The van der Waals surface area contributed by atoms with Gasteiger partial charge in [0.05, 0.1) is 0 Å². The second-order valence-corrected chi connectivity index (χ2v) is 17.0. The molecule has 0 N–H and O–H groups in total. The van der Waals surface area contributed by atoms with Crippen molar-refractivity contribution in [1.82, 2.24) is 0 Å². The summed E-state index contributed by atoms with van der Waals surface area (Å²) >= 11 is 0.569. The fraction of sp³-hybridized carbons (Fsp3) is 1.00. The summed E-state index contributed by atoms with van der Waals surface area (Å²) in [6, 6.07) is 0. The van der Waals surface area contributed by atoms with Gasteiger partial charge in [-0.2, -0.15) is 0 Å². The minimum atomic E-state index is 0.405. The number of hydrogen-bond donors (Lipinski definition) is 0. The van der Waals surface area contributed by atoms with Crippen LogP contribution in [0.3, 0.4) is 0 Å². The molecule has 0 aromatic heterocycles. The number of hydrogen-bond acceptors (Lipinski definition) is 0. The van der Waals surface area contributed by atoms with Crippen molar-refractivity contribution in [3.63, 3.8) is 0 Å². The SMILES string of the molecule is CCCCCP(CCCCC)CCCCC.CCCCCP(CCCCC)CCCCC.[Cl][Ni][Cl]. The molecule has 0 saturated heterocycles. The zero-order valence-electron chi connectivity index (χ0n) is 24.9. The van der Waals surface area contributed by atoms with Crippen molar-refractivity contribution in [2.24, 2.45) is 0 Å². The number of halogens is 2. The first kappa shape index (κ1) is 41.4. The molecular weight excluding hydrogens is 552 g/mol. The third-order valence-corrected chi connectivity index (χ3v) is 12.2. The van der Waals surface area contributed by atoms with Gasteiger partial charge >= 0.3 is 33.0 Å². The molecule has 0 fully saturated rings. The first-order valence-electron chi connectivity index (χ1n) is 15.4. The fourth-order valence-corrected chi connectivity index (χ4v) is 9.55. The van der Waals surface area contributed by atoms with Crippen LogP contribution in [0.1, 0.15) is 157 Å². The zero-order valence-corrected chi connectivity index (χ0v) is 29.2. The Morgan fingerprint density at radius 3 is 0.600 bits per heavy atom. The molecule has 5 heteroatoms. The van der Waals surface area contributed by atoms with E-state index in [0.717, 1.165) is 0 Å². The van der Waals surface area contributed by atoms with E-state index in [2.05, 4.69) is 41.5 Å². The van der Waals surface area contributed by atoms with Crippen LogP contribution < -0.4 is 0 Å². The van der Waals surface area contributed by atoms with Gasteiger partial charge < -0.3 is 0 Å². The van der Waals surface area contributed by atoms with Crippen molar-refractivity contribution in [3.05, 3.63) is 0 Å². The van der Waals surface area contributed by atoms with Crippen LogP contribution >= 0.6 is 36.2 Å². The Balaban J connectivity index is -0.000000525. The van der Waals surface area contributed by atoms with E-state index in [0.29, 0.717) is 28.5 Å². The molecular formula is C30H66Cl2NiP2. The van der Waals surface area contributed by atoms with Gasteiger partial charge in [-0.05, 0) is 75.5 Å². The van der Waals surface area contributed by atoms with Crippen LogP contribution in [0.5, 0.6) is 0 Å². The van der Waals surface area contributed by atoms with E-state index in [9.17, 15) is 0 Å². The molecule has 0 spiro atoms. The van der Waals surface area contributed by atoms with Crippen molar-refractivity contribution in [2.75, 3.05) is 37.0 Å². The molecule has 0 heterocycles. The second-order valence-electron chi connectivity index (χ2n) is 9.97. The van der Waals surface area contributed by atoms with Crippen molar-refractivity contribution in [3.8, 4) is 0 Å². The molecule has 0 rings (SSSR count). The van der Waals surface area contributed by atoms with Crippen LogP contribution in [0.25, 0.3) is 0 Å². The van der Waals surface area contributed by atoms with Crippen LogP contribution in [0.2, 0.25) is 0 Å². The molecule has 0 unspecified atom stereocenters. The first-order valence-corrected chi connectivity index (χ1v) is 21.9. The fourth-order valence-electron chi connectivity index (χ4n) is 4.18. The Bertz CT molecular complexity index is 258. The quantitative estimate of drug-likeness (QED) is 0.0574. The summed E-state index contributed by atoms with van der Waals surface area (Å²) in [5.41, 5.74) is 0. The predicted octanol–water partition coefficient (Wildman–Crippen LogP) is 13.5. The van der Waals surface area contributed by atoms with E-state index in [-0.39, 0.29) is 0 Å². The summed E-state index contributed by atoms with van der Waals surface area (Å²) < 4.78 is 0. The number of unbranched alkanes of at least 4 members (excludes halogenated alkanes) is 12. The molecule has 220 valence electrons. The van der Waals surface area contributed by atoms with Gasteiger partial charge in [0.1, 0.15) is 0 Å². The van der Waals surface area contributed by atoms with Gasteiger partial charge in [0.2, 0.25) is 0 Å². The summed E-state index contributed by atoms with van der Waals surface area (Å²) in [4.78, 5) is 0. The molecule has 0 nitrogen and oxygen atoms in total. The van der Waals surface area contributed by atoms with Gasteiger partial charge in [-0.3, -0.25) is 0 Å². The topological polar surface area (TPSA) is 0 Å².